The van der Waals surface area contributed by atoms with Crippen LogP contribution in [-0.2, 0) is 14.3 Å². The molecule has 0 spiro atoms. The molecule has 0 bridgehead atoms. The van der Waals surface area contributed by atoms with Crippen LogP contribution in [0, 0.1) is 17.3 Å². The molecule has 0 heterocycles. The van der Waals surface area contributed by atoms with Crippen LogP contribution in [0.4, 0.5) is 0 Å². The Morgan fingerprint density at radius 3 is 2.52 bits per heavy atom. The second-order valence-corrected chi connectivity index (χ2v) is 7.73. The van der Waals surface area contributed by atoms with Gasteiger partial charge in [-0.05, 0) is 51.9 Å². The summed E-state index contributed by atoms with van der Waals surface area (Å²) in [4.78, 5) is 23.8. The van der Waals surface area contributed by atoms with Crippen LogP contribution in [-0.4, -0.2) is 39.8 Å². The van der Waals surface area contributed by atoms with Crippen molar-refractivity contribution >= 4 is 11.8 Å². The molecule has 5 heteroatoms. The summed E-state index contributed by atoms with van der Waals surface area (Å²) in [7, 11) is 0. The van der Waals surface area contributed by atoms with E-state index in [1.165, 1.54) is 6.92 Å². The van der Waals surface area contributed by atoms with E-state index in [4.69, 9.17) is 4.74 Å². The van der Waals surface area contributed by atoms with Crippen LogP contribution in [0.1, 0.15) is 53.4 Å². The van der Waals surface area contributed by atoms with E-state index in [-0.39, 0.29) is 30.6 Å². The molecule has 2 rings (SSSR count). The molecule has 130 valence electrons. The summed E-state index contributed by atoms with van der Waals surface area (Å²) in [6, 6.07) is 0. The molecule has 5 nitrogen and oxygen atoms in total. The second-order valence-electron chi connectivity index (χ2n) is 7.73. The first kappa shape index (κ1) is 18.1. The van der Waals surface area contributed by atoms with E-state index >= 15 is 0 Å². The molecule has 0 aromatic heterocycles. The number of hydrogen-bond donors (Lipinski definition) is 2. The van der Waals surface area contributed by atoms with Crippen molar-refractivity contribution in [3.8, 4) is 0 Å². The molecular formula is C18H28O5. The van der Waals surface area contributed by atoms with Crippen LogP contribution in [0.2, 0.25) is 0 Å². The Bertz CT molecular complexity index is 520. The predicted molar refractivity (Wildman–Crippen MR) is 85.6 cm³/mol. The maximum atomic E-state index is 12.9. The Labute approximate surface area is 137 Å². The molecule has 0 aromatic rings. The van der Waals surface area contributed by atoms with Crippen LogP contribution in [0.15, 0.2) is 12.2 Å². The van der Waals surface area contributed by atoms with E-state index in [9.17, 15) is 19.8 Å². The van der Waals surface area contributed by atoms with Gasteiger partial charge in [-0.25, -0.2) is 0 Å². The monoisotopic (exact) mass is 324 g/mol. The van der Waals surface area contributed by atoms with Crippen LogP contribution in [0.3, 0.4) is 0 Å². The molecule has 2 aliphatic rings. The van der Waals surface area contributed by atoms with Gasteiger partial charge in [0, 0.05) is 13.3 Å². The summed E-state index contributed by atoms with van der Waals surface area (Å²) in [5.41, 5.74) is -2.91. The average Bonchev–Trinajstić information content (AvgIpc) is 2.41. The summed E-state index contributed by atoms with van der Waals surface area (Å²) in [6.45, 7) is 6.65. The van der Waals surface area contributed by atoms with Crippen molar-refractivity contribution in [1.82, 2.24) is 0 Å². The Morgan fingerprint density at radius 2 is 1.91 bits per heavy atom. The highest BCUT2D eigenvalue weighted by Gasteiger charge is 2.58. The third kappa shape index (κ3) is 3.36. The largest absolute Gasteiger partial charge is 0.465 e. The molecule has 5 atom stereocenters. The fraction of sp³-hybridized carbons (Fsp3) is 0.778. The topological polar surface area (TPSA) is 83.8 Å². The van der Waals surface area contributed by atoms with E-state index in [1.807, 2.05) is 19.9 Å². The molecule has 0 aliphatic heterocycles. The Morgan fingerprint density at radius 1 is 1.26 bits per heavy atom. The van der Waals surface area contributed by atoms with Gasteiger partial charge in [-0.2, -0.15) is 0 Å². The summed E-state index contributed by atoms with van der Waals surface area (Å²) in [6.07, 6.45) is 5.63. The molecule has 0 amide bonds. The summed E-state index contributed by atoms with van der Waals surface area (Å²) >= 11 is 0. The van der Waals surface area contributed by atoms with Crippen LogP contribution < -0.4 is 0 Å². The number of ether oxygens (including phenoxy) is 1. The van der Waals surface area contributed by atoms with Crippen molar-refractivity contribution in [3.05, 3.63) is 12.2 Å². The first-order valence-electron chi connectivity index (χ1n) is 8.30. The number of rotatable bonds is 4. The van der Waals surface area contributed by atoms with Gasteiger partial charge >= 0.3 is 5.97 Å². The minimum absolute atomic E-state index is 0.0208. The van der Waals surface area contributed by atoms with Crippen LogP contribution in [0.25, 0.3) is 0 Å². The number of hydrogen-bond acceptors (Lipinski definition) is 5. The fourth-order valence-electron chi connectivity index (χ4n) is 4.25. The van der Waals surface area contributed by atoms with E-state index < -0.39 is 22.6 Å². The predicted octanol–water partition coefficient (Wildman–Crippen LogP) is 2.00. The maximum Gasteiger partial charge on any atom is 0.302 e. The van der Waals surface area contributed by atoms with E-state index in [1.54, 1.807) is 13.0 Å². The van der Waals surface area contributed by atoms with Gasteiger partial charge < -0.3 is 14.9 Å². The number of carbonyl (C=O) groups excluding carboxylic acids is 2. The van der Waals surface area contributed by atoms with Crippen molar-refractivity contribution in [2.75, 3.05) is 6.61 Å². The lowest BCUT2D eigenvalue weighted by Gasteiger charge is -2.54. The zero-order chi connectivity index (χ0) is 17.5. The number of carbonyl (C=O) groups is 2. The lowest BCUT2D eigenvalue weighted by Crippen LogP contribution is -2.59. The third-order valence-electron chi connectivity index (χ3n) is 5.86. The molecule has 0 aromatic carbocycles. The molecule has 0 radical (unpaired) electrons. The minimum atomic E-state index is -1.25. The molecule has 1 fully saturated rings. The summed E-state index contributed by atoms with van der Waals surface area (Å²) in [5.74, 6) is -0.455. The highest BCUT2D eigenvalue weighted by atomic mass is 16.5. The van der Waals surface area contributed by atoms with Gasteiger partial charge in [-0.3, -0.25) is 9.59 Å². The van der Waals surface area contributed by atoms with Crippen LogP contribution >= 0.6 is 0 Å². The Hall–Kier alpha value is -1.20. The average molecular weight is 324 g/mol. The number of aliphatic hydroxyl groups is 2. The third-order valence-corrected chi connectivity index (χ3v) is 5.86. The fourth-order valence-corrected chi connectivity index (χ4v) is 4.25. The molecule has 0 saturated heterocycles. The van der Waals surface area contributed by atoms with E-state index in [0.717, 1.165) is 0 Å². The normalized spacial score (nSPS) is 42.9. The first-order valence-corrected chi connectivity index (χ1v) is 8.30. The van der Waals surface area contributed by atoms with E-state index in [0.29, 0.717) is 19.3 Å². The molecule has 2 N–H and O–H groups in total. The van der Waals surface area contributed by atoms with Crippen molar-refractivity contribution in [2.45, 2.75) is 64.6 Å². The Kier molecular flexibility index (Phi) is 4.75. The smallest absolute Gasteiger partial charge is 0.302 e. The van der Waals surface area contributed by atoms with Crippen LogP contribution in [0.5, 0.6) is 0 Å². The maximum absolute atomic E-state index is 12.9. The van der Waals surface area contributed by atoms with Gasteiger partial charge in [0.15, 0.2) is 0 Å². The number of allylic oxidation sites excluding steroid dienone is 1. The second kappa shape index (κ2) is 6.02. The lowest BCUT2D eigenvalue weighted by molar-refractivity contribution is -0.159. The van der Waals surface area contributed by atoms with Gasteiger partial charge in [0.2, 0.25) is 0 Å². The molecule has 5 unspecified atom stereocenters. The highest BCUT2D eigenvalue weighted by Crippen LogP contribution is 2.54. The van der Waals surface area contributed by atoms with Gasteiger partial charge in [-0.15, -0.1) is 0 Å². The standard InChI is InChI=1S/C18H28O5/c1-12(19)23-10-7-15(20)18(4)14-6-8-16(2,21)11-13(14)5-9-17(18,3)22/h5,9,13-14,21-22H,6-8,10-11H2,1-4H3. The summed E-state index contributed by atoms with van der Waals surface area (Å²) in [5, 5.41) is 21.2. The molecule has 2 aliphatic carbocycles. The Balaban J connectivity index is 2.24. The van der Waals surface area contributed by atoms with Gasteiger partial charge in [0.25, 0.3) is 0 Å². The number of ketones is 1. The lowest BCUT2D eigenvalue weighted by atomic mass is 9.51. The van der Waals surface area contributed by atoms with Gasteiger partial charge in [-0.1, -0.05) is 12.2 Å². The first-order chi connectivity index (χ1) is 10.5. The minimum Gasteiger partial charge on any atom is -0.465 e. The quantitative estimate of drug-likeness (QED) is 0.610. The van der Waals surface area contributed by atoms with Crippen molar-refractivity contribution in [1.29, 1.82) is 0 Å². The van der Waals surface area contributed by atoms with Crippen molar-refractivity contribution < 1.29 is 24.5 Å². The number of Topliss-reactive ketones (excluding diaryl/α,β-unsaturated/α-hetero) is 1. The molecule has 23 heavy (non-hydrogen) atoms. The zero-order valence-corrected chi connectivity index (χ0v) is 14.5. The van der Waals surface area contributed by atoms with Gasteiger partial charge in [0.05, 0.1) is 23.2 Å². The van der Waals surface area contributed by atoms with Crippen molar-refractivity contribution in [2.24, 2.45) is 17.3 Å². The SMILES string of the molecule is CC(=O)OCCC(=O)C1(C)C2CCC(C)(O)CC2C=CC1(C)O. The number of esters is 1. The number of fused-ring (bicyclic) bond motifs is 1. The molecule has 1 saturated carbocycles. The summed E-state index contributed by atoms with van der Waals surface area (Å²) < 4.78 is 4.89. The van der Waals surface area contributed by atoms with Gasteiger partial charge in [0.1, 0.15) is 5.78 Å². The van der Waals surface area contributed by atoms with E-state index in [2.05, 4.69) is 0 Å². The highest BCUT2D eigenvalue weighted by molar-refractivity contribution is 5.87. The van der Waals surface area contributed by atoms with Crippen molar-refractivity contribution in [3.63, 3.8) is 0 Å². The molecular weight excluding hydrogens is 296 g/mol. The zero-order valence-electron chi connectivity index (χ0n) is 14.5.